The molecule has 0 aromatic carbocycles. The van der Waals surface area contributed by atoms with E-state index in [0.717, 1.165) is 5.92 Å². The summed E-state index contributed by atoms with van der Waals surface area (Å²) in [5, 5.41) is 0. The molecule has 0 heterocycles. The molecule has 0 amide bonds. The van der Waals surface area contributed by atoms with Crippen molar-refractivity contribution < 1.29 is 0 Å². The molecule has 0 unspecified atom stereocenters. The maximum Gasteiger partial charge on any atom is 0.0286 e. The van der Waals surface area contributed by atoms with Gasteiger partial charge in [-0.15, -0.1) is 5.92 Å². The fourth-order valence-electron chi connectivity index (χ4n) is 1.23. The molecule has 0 bridgehead atoms. The Bertz CT molecular complexity index is 151. The van der Waals surface area contributed by atoms with Crippen LogP contribution in [0.4, 0.5) is 0 Å². The third kappa shape index (κ3) is 1.48. The molecule has 1 fully saturated rings. The van der Waals surface area contributed by atoms with Crippen LogP contribution in [0.25, 0.3) is 0 Å². The second-order valence-corrected chi connectivity index (χ2v) is 3.37. The van der Waals surface area contributed by atoms with Gasteiger partial charge in [-0.25, -0.2) is 0 Å². The average Bonchev–Trinajstić information content (AvgIpc) is 2.41. The lowest BCUT2D eigenvalue weighted by atomic mass is 9.88. The van der Waals surface area contributed by atoms with Crippen molar-refractivity contribution in [2.24, 2.45) is 11.3 Å². The van der Waals surface area contributed by atoms with Crippen LogP contribution in [0.3, 0.4) is 0 Å². The fraction of sp³-hybridized carbons (Fsp3) is 0.778. The third-order valence-electron chi connectivity index (χ3n) is 2.05. The molecule has 50 valence electrons. The Morgan fingerprint density at radius 3 is 2.22 bits per heavy atom. The van der Waals surface area contributed by atoms with Gasteiger partial charge in [0.05, 0.1) is 0 Å². The van der Waals surface area contributed by atoms with Gasteiger partial charge in [-0.2, -0.15) is 0 Å². The third-order valence-corrected chi connectivity index (χ3v) is 2.05. The molecule has 0 saturated heterocycles. The van der Waals surface area contributed by atoms with Gasteiger partial charge in [0.25, 0.3) is 0 Å². The van der Waals surface area contributed by atoms with Gasteiger partial charge in [0.15, 0.2) is 0 Å². The Balaban J connectivity index is 2.55. The summed E-state index contributed by atoms with van der Waals surface area (Å²) in [5.74, 6) is 7.11. The normalized spacial score (nSPS) is 18.6. The van der Waals surface area contributed by atoms with Crippen molar-refractivity contribution in [2.45, 2.75) is 33.6 Å². The van der Waals surface area contributed by atoms with Crippen molar-refractivity contribution >= 4 is 0 Å². The van der Waals surface area contributed by atoms with Crippen LogP contribution < -0.4 is 0 Å². The largest absolute Gasteiger partial charge is 0.106 e. The quantitative estimate of drug-likeness (QED) is 0.469. The summed E-state index contributed by atoms with van der Waals surface area (Å²) in [7, 11) is 0. The van der Waals surface area contributed by atoms with E-state index in [1.165, 1.54) is 12.8 Å². The molecule has 9 heavy (non-hydrogen) atoms. The zero-order valence-electron chi connectivity index (χ0n) is 6.49. The van der Waals surface area contributed by atoms with E-state index in [1.54, 1.807) is 0 Å². The molecule has 1 rings (SSSR count). The highest BCUT2D eigenvalue weighted by atomic mass is 14.4. The number of hydrogen-bond donors (Lipinski definition) is 0. The first-order chi connectivity index (χ1) is 4.17. The molecular formula is C9H14. The lowest BCUT2D eigenvalue weighted by Crippen LogP contribution is -2.09. The molecule has 0 spiro atoms. The molecular weight excluding hydrogens is 108 g/mol. The Morgan fingerprint density at radius 1 is 1.33 bits per heavy atom. The maximum absolute atomic E-state index is 3.23. The first-order valence-corrected chi connectivity index (χ1v) is 3.61. The Hall–Kier alpha value is -0.440. The topological polar surface area (TPSA) is 0 Å². The summed E-state index contributed by atoms with van der Waals surface area (Å²) in [5.41, 5.74) is 0.300. The van der Waals surface area contributed by atoms with Gasteiger partial charge in [0.2, 0.25) is 0 Å². The van der Waals surface area contributed by atoms with Crippen LogP contribution in [0.5, 0.6) is 0 Å². The van der Waals surface area contributed by atoms with E-state index in [1.807, 2.05) is 6.92 Å². The summed E-state index contributed by atoms with van der Waals surface area (Å²) in [4.78, 5) is 0. The van der Waals surface area contributed by atoms with Crippen LogP contribution in [0.2, 0.25) is 0 Å². The number of rotatable bonds is 1. The lowest BCUT2D eigenvalue weighted by molar-refractivity contribution is 0.431. The molecule has 0 N–H and O–H groups in total. The molecule has 0 atom stereocenters. The van der Waals surface area contributed by atoms with Crippen molar-refractivity contribution in [1.29, 1.82) is 0 Å². The van der Waals surface area contributed by atoms with Crippen LogP contribution in [0.15, 0.2) is 0 Å². The van der Waals surface area contributed by atoms with Crippen LogP contribution in [0, 0.1) is 23.2 Å². The summed E-state index contributed by atoms with van der Waals surface area (Å²) in [6, 6.07) is 0. The first kappa shape index (κ1) is 6.68. The van der Waals surface area contributed by atoms with Crippen LogP contribution in [0.1, 0.15) is 33.6 Å². The van der Waals surface area contributed by atoms with Crippen LogP contribution >= 0.6 is 0 Å². The highest BCUT2D eigenvalue weighted by molar-refractivity contribution is 5.11. The van der Waals surface area contributed by atoms with E-state index in [-0.39, 0.29) is 0 Å². The van der Waals surface area contributed by atoms with Gasteiger partial charge < -0.3 is 0 Å². The van der Waals surface area contributed by atoms with Crippen molar-refractivity contribution in [1.82, 2.24) is 0 Å². The smallest absolute Gasteiger partial charge is 0.0286 e. The highest BCUT2D eigenvalue weighted by Gasteiger charge is 2.36. The van der Waals surface area contributed by atoms with Gasteiger partial charge in [0, 0.05) is 5.41 Å². The minimum Gasteiger partial charge on any atom is -0.106 e. The minimum absolute atomic E-state index is 0.300. The van der Waals surface area contributed by atoms with E-state index in [2.05, 4.69) is 25.7 Å². The highest BCUT2D eigenvalue weighted by Crippen LogP contribution is 2.44. The van der Waals surface area contributed by atoms with Crippen LogP contribution in [-0.2, 0) is 0 Å². The second-order valence-electron chi connectivity index (χ2n) is 3.37. The molecule has 1 saturated carbocycles. The van der Waals surface area contributed by atoms with Crippen molar-refractivity contribution in [3.8, 4) is 11.8 Å². The van der Waals surface area contributed by atoms with Crippen molar-refractivity contribution in [3.63, 3.8) is 0 Å². The van der Waals surface area contributed by atoms with Gasteiger partial charge in [-0.05, 0) is 39.5 Å². The minimum atomic E-state index is 0.300. The summed E-state index contributed by atoms with van der Waals surface area (Å²) >= 11 is 0. The Morgan fingerprint density at radius 2 is 1.89 bits per heavy atom. The fourth-order valence-corrected chi connectivity index (χ4v) is 1.23. The van der Waals surface area contributed by atoms with E-state index < -0.39 is 0 Å². The number of hydrogen-bond acceptors (Lipinski definition) is 0. The van der Waals surface area contributed by atoms with Crippen molar-refractivity contribution in [2.75, 3.05) is 0 Å². The van der Waals surface area contributed by atoms with Gasteiger partial charge in [-0.3, -0.25) is 0 Å². The molecule has 0 aromatic rings. The summed E-state index contributed by atoms with van der Waals surface area (Å²) in [6.07, 6.45) is 2.78. The Labute approximate surface area is 57.7 Å². The van der Waals surface area contributed by atoms with Crippen LogP contribution in [-0.4, -0.2) is 0 Å². The van der Waals surface area contributed by atoms with E-state index in [9.17, 15) is 0 Å². The zero-order chi connectivity index (χ0) is 6.91. The monoisotopic (exact) mass is 122 g/mol. The van der Waals surface area contributed by atoms with Gasteiger partial charge in [-0.1, -0.05) is 5.92 Å². The predicted octanol–water partition coefficient (Wildman–Crippen LogP) is 2.45. The summed E-state index contributed by atoms with van der Waals surface area (Å²) < 4.78 is 0. The van der Waals surface area contributed by atoms with E-state index in [4.69, 9.17) is 0 Å². The first-order valence-electron chi connectivity index (χ1n) is 3.61. The molecule has 0 aliphatic heterocycles. The SMILES string of the molecule is CC#CC(C)(C)C1CC1. The maximum atomic E-state index is 3.23. The molecule has 1 aliphatic rings. The van der Waals surface area contributed by atoms with Gasteiger partial charge >= 0.3 is 0 Å². The average molecular weight is 122 g/mol. The van der Waals surface area contributed by atoms with E-state index in [0.29, 0.717) is 5.41 Å². The zero-order valence-corrected chi connectivity index (χ0v) is 6.49. The molecule has 0 nitrogen and oxygen atoms in total. The molecule has 0 radical (unpaired) electrons. The summed E-state index contributed by atoms with van der Waals surface area (Å²) in [6.45, 7) is 6.40. The molecule has 0 heteroatoms. The molecule has 1 aliphatic carbocycles. The standard InChI is InChI=1S/C9H14/c1-4-7-9(2,3)8-5-6-8/h8H,5-6H2,1-3H3. The lowest BCUT2D eigenvalue weighted by Gasteiger charge is -2.15. The predicted molar refractivity (Wildman–Crippen MR) is 40.0 cm³/mol. The van der Waals surface area contributed by atoms with Gasteiger partial charge in [0.1, 0.15) is 0 Å². The Kier molecular flexibility index (Phi) is 1.53. The van der Waals surface area contributed by atoms with E-state index >= 15 is 0 Å². The molecule has 0 aromatic heterocycles. The second kappa shape index (κ2) is 2.06. The van der Waals surface area contributed by atoms with Crippen molar-refractivity contribution in [3.05, 3.63) is 0 Å².